The number of rotatable bonds is 2. The third-order valence-electron chi connectivity index (χ3n) is 1.11. The van der Waals surface area contributed by atoms with Crippen LogP contribution in [0.5, 0.6) is 0 Å². The summed E-state index contributed by atoms with van der Waals surface area (Å²) >= 11 is 1.21. The molecule has 0 radical (unpaired) electrons. The lowest BCUT2D eigenvalue weighted by Gasteiger charge is -2.01. The van der Waals surface area contributed by atoms with E-state index in [-0.39, 0.29) is 5.76 Å². The summed E-state index contributed by atoms with van der Waals surface area (Å²) in [6.07, 6.45) is 1.52. The van der Waals surface area contributed by atoms with E-state index in [2.05, 4.69) is 21.6 Å². The van der Waals surface area contributed by atoms with E-state index in [9.17, 15) is 9.59 Å². The lowest BCUT2D eigenvalue weighted by Crippen LogP contribution is -2.24. The van der Waals surface area contributed by atoms with Crippen LogP contribution in [0.25, 0.3) is 0 Å². The van der Waals surface area contributed by atoms with Crippen molar-refractivity contribution in [1.82, 2.24) is 4.98 Å². The molecule has 1 aromatic heterocycles. The first kappa shape index (κ1) is 10.4. The Kier molecular flexibility index (Phi) is 3.35. The van der Waals surface area contributed by atoms with Gasteiger partial charge in [0.1, 0.15) is 0 Å². The number of hydrogen-bond donors (Lipinski definition) is 1. The number of hydrogen-bond acceptors (Lipinski definition) is 5. The molecule has 14 heavy (non-hydrogen) atoms. The second kappa shape index (κ2) is 4.52. The third kappa shape index (κ3) is 2.98. The minimum Gasteiger partial charge on any atom is -0.425 e. The lowest BCUT2D eigenvalue weighted by molar-refractivity contribution is -0.149. The first-order valence-electron chi connectivity index (χ1n) is 3.68. The van der Waals surface area contributed by atoms with Crippen molar-refractivity contribution in [3.05, 3.63) is 23.9 Å². The number of carbonyl (C=O) groups excluding carboxylic acids is 2. The van der Waals surface area contributed by atoms with Crippen LogP contribution in [-0.4, -0.2) is 16.9 Å². The van der Waals surface area contributed by atoms with E-state index in [4.69, 9.17) is 0 Å². The summed E-state index contributed by atoms with van der Waals surface area (Å²) in [6.45, 7) is 4.82. The van der Waals surface area contributed by atoms with Gasteiger partial charge in [-0.1, -0.05) is 6.58 Å². The van der Waals surface area contributed by atoms with Crippen molar-refractivity contribution in [2.75, 3.05) is 5.32 Å². The van der Waals surface area contributed by atoms with Gasteiger partial charge in [0.2, 0.25) is 0 Å². The highest BCUT2D eigenvalue weighted by Crippen LogP contribution is 2.10. The summed E-state index contributed by atoms with van der Waals surface area (Å²) in [6, 6.07) is 0. The Balaban J connectivity index is 2.50. The third-order valence-corrected chi connectivity index (χ3v) is 1.79. The number of nitrogens with zero attached hydrogens (tertiary/aromatic N) is 1. The predicted octanol–water partition coefficient (Wildman–Crippen LogP) is 1.16. The molecule has 0 saturated carbocycles. The maximum atomic E-state index is 11.1. The maximum Gasteiger partial charge on any atom is 0.402 e. The highest BCUT2D eigenvalue weighted by atomic mass is 32.1. The molecule has 0 saturated heterocycles. The molecule has 0 unspecified atom stereocenters. The van der Waals surface area contributed by atoms with Gasteiger partial charge in [-0.25, -0.2) is 9.78 Å². The van der Waals surface area contributed by atoms with Crippen LogP contribution in [0.2, 0.25) is 0 Å². The smallest absolute Gasteiger partial charge is 0.402 e. The fraction of sp³-hybridized carbons (Fsp3) is 0.125. The fourth-order valence-electron chi connectivity index (χ4n) is 0.638. The van der Waals surface area contributed by atoms with E-state index in [1.165, 1.54) is 24.5 Å². The van der Waals surface area contributed by atoms with Gasteiger partial charge in [0.05, 0.1) is 5.76 Å². The molecular weight excluding hydrogens is 204 g/mol. The highest BCUT2D eigenvalue weighted by Gasteiger charge is 2.16. The highest BCUT2D eigenvalue weighted by molar-refractivity contribution is 7.13. The SMILES string of the molecule is C=C(C)OC(=O)C(=O)Nc1nccs1. The molecule has 0 spiro atoms. The van der Waals surface area contributed by atoms with Crippen molar-refractivity contribution in [2.45, 2.75) is 6.92 Å². The largest absolute Gasteiger partial charge is 0.425 e. The maximum absolute atomic E-state index is 11.1. The average Bonchev–Trinajstić information content (AvgIpc) is 2.55. The summed E-state index contributed by atoms with van der Waals surface area (Å²) in [4.78, 5) is 25.8. The standard InChI is InChI=1S/C8H8N2O3S/c1-5(2)13-7(12)6(11)10-8-9-3-4-14-8/h3-4H,1H2,2H3,(H,9,10,11). The topological polar surface area (TPSA) is 68.3 Å². The molecule has 1 amide bonds. The van der Waals surface area contributed by atoms with Gasteiger partial charge in [0.25, 0.3) is 0 Å². The van der Waals surface area contributed by atoms with Crippen molar-refractivity contribution in [3.63, 3.8) is 0 Å². The second-order valence-corrected chi connectivity index (χ2v) is 3.28. The van der Waals surface area contributed by atoms with Crippen LogP contribution in [0, 0.1) is 0 Å². The molecule has 1 heterocycles. The Morgan fingerprint density at radius 2 is 2.36 bits per heavy atom. The molecule has 0 aliphatic rings. The van der Waals surface area contributed by atoms with Crippen molar-refractivity contribution >= 4 is 28.3 Å². The Morgan fingerprint density at radius 1 is 1.64 bits per heavy atom. The molecule has 1 N–H and O–H groups in total. The molecule has 0 bridgehead atoms. The van der Waals surface area contributed by atoms with Gasteiger partial charge < -0.3 is 4.74 Å². The zero-order chi connectivity index (χ0) is 10.6. The lowest BCUT2D eigenvalue weighted by atomic mass is 10.6. The van der Waals surface area contributed by atoms with E-state index >= 15 is 0 Å². The molecule has 6 heteroatoms. The van der Waals surface area contributed by atoms with Crippen LogP contribution in [-0.2, 0) is 14.3 Å². The van der Waals surface area contributed by atoms with Crippen LogP contribution >= 0.6 is 11.3 Å². The van der Waals surface area contributed by atoms with E-state index < -0.39 is 11.9 Å². The van der Waals surface area contributed by atoms with Crippen molar-refractivity contribution < 1.29 is 14.3 Å². The van der Waals surface area contributed by atoms with E-state index in [0.29, 0.717) is 5.13 Å². The summed E-state index contributed by atoms with van der Waals surface area (Å²) in [5, 5.41) is 4.32. The predicted molar refractivity (Wildman–Crippen MR) is 51.6 cm³/mol. The average molecular weight is 212 g/mol. The number of nitrogens with one attached hydrogen (secondary N) is 1. The quantitative estimate of drug-likeness (QED) is 0.453. The molecule has 74 valence electrons. The van der Waals surface area contributed by atoms with Crippen LogP contribution in [0.1, 0.15) is 6.92 Å². The molecule has 1 rings (SSSR count). The summed E-state index contributed by atoms with van der Waals surface area (Å²) in [7, 11) is 0. The Bertz CT molecular complexity index is 359. The van der Waals surface area contributed by atoms with Crippen molar-refractivity contribution in [2.24, 2.45) is 0 Å². The minimum atomic E-state index is -0.993. The van der Waals surface area contributed by atoms with E-state index in [1.54, 1.807) is 5.38 Å². The Labute approximate surface area is 84.4 Å². The minimum absolute atomic E-state index is 0.171. The van der Waals surface area contributed by atoms with Crippen LogP contribution in [0.3, 0.4) is 0 Å². The molecular formula is C8H8N2O3S. The van der Waals surface area contributed by atoms with Crippen LogP contribution < -0.4 is 5.32 Å². The van der Waals surface area contributed by atoms with Crippen molar-refractivity contribution in [3.8, 4) is 0 Å². The van der Waals surface area contributed by atoms with Gasteiger partial charge in [0.15, 0.2) is 5.13 Å². The van der Waals surface area contributed by atoms with Gasteiger partial charge in [-0.15, -0.1) is 11.3 Å². The summed E-state index contributed by atoms with van der Waals surface area (Å²) < 4.78 is 4.49. The summed E-state index contributed by atoms with van der Waals surface area (Å²) in [5.74, 6) is -1.68. The summed E-state index contributed by atoms with van der Waals surface area (Å²) in [5.41, 5.74) is 0. The number of thiazole rings is 1. The van der Waals surface area contributed by atoms with Gasteiger partial charge >= 0.3 is 11.9 Å². The molecule has 0 aliphatic heterocycles. The number of amides is 1. The monoisotopic (exact) mass is 212 g/mol. The normalized spacial score (nSPS) is 9.21. The number of anilines is 1. The Hall–Kier alpha value is -1.69. The number of aromatic nitrogens is 1. The fourth-order valence-corrected chi connectivity index (χ4v) is 1.16. The van der Waals surface area contributed by atoms with E-state index in [1.807, 2.05) is 0 Å². The van der Waals surface area contributed by atoms with Crippen LogP contribution in [0.4, 0.5) is 5.13 Å². The van der Waals surface area contributed by atoms with Gasteiger partial charge in [-0.2, -0.15) is 0 Å². The molecule has 5 nitrogen and oxygen atoms in total. The van der Waals surface area contributed by atoms with Crippen LogP contribution in [0.15, 0.2) is 23.9 Å². The number of esters is 1. The second-order valence-electron chi connectivity index (χ2n) is 2.38. The zero-order valence-electron chi connectivity index (χ0n) is 7.44. The first-order valence-corrected chi connectivity index (χ1v) is 4.55. The number of carbonyl (C=O) groups is 2. The Morgan fingerprint density at radius 3 is 2.86 bits per heavy atom. The first-order chi connectivity index (χ1) is 6.59. The van der Waals surface area contributed by atoms with E-state index in [0.717, 1.165) is 0 Å². The van der Waals surface area contributed by atoms with Gasteiger partial charge in [-0.3, -0.25) is 10.1 Å². The number of ether oxygens (including phenoxy) is 1. The molecule has 0 fully saturated rings. The molecule has 0 aliphatic carbocycles. The van der Waals surface area contributed by atoms with Gasteiger partial charge in [-0.05, 0) is 6.92 Å². The molecule has 1 aromatic rings. The molecule has 0 aromatic carbocycles. The zero-order valence-corrected chi connectivity index (χ0v) is 8.26. The molecule has 0 atom stereocenters. The number of allylic oxidation sites excluding steroid dienone is 1. The van der Waals surface area contributed by atoms with Crippen molar-refractivity contribution in [1.29, 1.82) is 0 Å². The van der Waals surface area contributed by atoms with Gasteiger partial charge in [0, 0.05) is 11.6 Å².